The zero-order chi connectivity index (χ0) is 20.3. The standard InChI is InChI=1S/C22H32O5/c1-11-7-17-19(25)13(3)10-22(17,27-14(4)23)20(26)12(2)8-15-16(9-18(11)24)21(15,5)6/h7-8,13,15-19,24-25H,9-10H2,1-6H3. The van der Waals surface area contributed by atoms with Crippen LogP contribution < -0.4 is 0 Å². The highest BCUT2D eigenvalue weighted by molar-refractivity contribution is 6.03. The number of hydrogen-bond donors (Lipinski definition) is 2. The monoisotopic (exact) mass is 376 g/mol. The maximum Gasteiger partial charge on any atom is 0.303 e. The Hall–Kier alpha value is -1.46. The van der Waals surface area contributed by atoms with Gasteiger partial charge in [-0.25, -0.2) is 0 Å². The molecular formula is C22H32O5. The fourth-order valence-corrected chi connectivity index (χ4v) is 5.32. The summed E-state index contributed by atoms with van der Waals surface area (Å²) < 4.78 is 5.67. The predicted octanol–water partition coefficient (Wildman–Crippen LogP) is 2.80. The molecule has 5 heteroatoms. The van der Waals surface area contributed by atoms with E-state index in [1.165, 1.54) is 6.92 Å². The van der Waals surface area contributed by atoms with Gasteiger partial charge in [0.2, 0.25) is 5.78 Å². The van der Waals surface area contributed by atoms with Crippen LogP contribution in [0.3, 0.4) is 0 Å². The Morgan fingerprint density at radius 3 is 2.41 bits per heavy atom. The number of aliphatic hydroxyl groups is 2. The van der Waals surface area contributed by atoms with Crippen molar-refractivity contribution in [3.05, 3.63) is 23.3 Å². The summed E-state index contributed by atoms with van der Waals surface area (Å²) in [4.78, 5) is 25.4. The van der Waals surface area contributed by atoms with E-state index in [0.29, 0.717) is 17.9 Å². The zero-order valence-electron chi connectivity index (χ0n) is 17.2. The average molecular weight is 376 g/mol. The molecule has 5 nitrogen and oxygen atoms in total. The van der Waals surface area contributed by atoms with Crippen molar-refractivity contribution in [2.24, 2.45) is 29.1 Å². The first-order valence-corrected chi connectivity index (χ1v) is 9.89. The fraction of sp³-hybridized carbons (Fsp3) is 0.727. The highest BCUT2D eigenvalue weighted by Gasteiger charge is 2.60. The maximum absolute atomic E-state index is 13.5. The van der Waals surface area contributed by atoms with Crippen LogP contribution in [-0.4, -0.2) is 39.8 Å². The number of aliphatic hydroxyl groups excluding tert-OH is 2. The van der Waals surface area contributed by atoms with E-state index in [1.54, 1.807) is 13.0 Å². The van der Waals surface area contributed by atoms with Crippen LogP contribution in [0.1, 0.15) is 54.4 Å². The van der Waals surface area contributed by atoms with Gasteiger partial charge in [-0.15, -0.1) is 0 Å². The largest absolute Gasteiger partial charge is 0.450 e. The summed E-state index contributed by atoms with van der Waals surface area (Å²) in [7, 11) is 0. The number of rotatable bonds is 1. The Balaban J connectivity index is 2.15. The van der Waals surface area contributed by atoms with Crippen LogP contribution in [0, 0.1) is 29.1 Å². The molecule has 2 saturated carbocycles. The Morgan fingerprint density at radius 1 is 1.19 bits per heavy atom. The highest BCUT2D eigenvalue weighted by atomic mass is 16.6. The van der Waals surface area contributed by atoms with Gasteiger partial charge in [-0.3, -0.25) is 9.59 Å². The minimum absolute atomic E-state index is 0.0263. The lowest BCUT2D eigenvalue weighted by molar-refractivity contribution is -0.168. The lowest BCUT2D eigenvalue weighted by Crippen LogP contribution is -2.48. The normalized spacial score (nSPS) is 43.6. The van der Waals surface area contributed by atoms with Gasteiger partial charge in [0.15, 0.2) is 5.60 Å². The minimum atomic E-state index is -1.41. The molecule has 0 radical (unpaired) electrons. The molecule has 0 aromatic rings. The van der Waals surface area contributed by atoms with Crippen LogP contribution in [0.2, 0.25) is 0 Å². The fourth-order valence-electron chi connectivity index (χ4n) is 5.32. The first kappa shape index (κ1) is 20.3. The number of fused-ring (bicyclic) bond motifs is 2. The minimum Gasteiger partial charge on any atom is -0.450 e. The second-order valence-corrected chi connectivity index (χ2v) is 9.48. The van der Waals surface area contributed by atoms with Gasteiger partial charge < -0.3 is 14.9 Å². The molecular weight excluding hydrogens is 344 g/mol. The van der Waals surface area contributed by atoms with Crippen LogP contribution in [0.5, 0.6) is 0 Å². The van der Waals surface area contributed by atoms with E-state index in [1.807, 2.05) is 19.9 Å². The van der Waals surface area contributed by atoms with Crippen LogP contribution in [-0.2, 0) is 14.3 Å². The van der Waals surface area contributed by atoms with E-state index in [0.717, 1.165) is 5.57 Å². The molecule has 3 rings (SSSR count). The summed E-state index contributed by atoms with van der Waals surface area (Å²) in [6.07, 6.45) is 3.20. The molecule has 0 heterocycles. The summed E-state index contributed by atoms with van der Waals surface area (Å²) in [5, 5.41) is 21.5. The number of esters is 1. The van der Waals surface area contributed by atoms with E-state index in [4.69, 9.17) is 4.74 Å². The third-order valence-corrected chi connectivity index (χ3v) is 7.20. The Morgan fingerprint density at radius 2 is 1.81 bits per heavy atom. The first-order chi connectivity index (χ1) is 12.4. The highest BCUT2D eigenvalue weighted by Crippen LogP contribution is 2.62. The van der Waals surface area contributed by atoms with E-state index in [-0.39, 0.29) is 29.5 Å². The number of ether oxygens (including phenoxy) is 1. The van der Waals surface area contributed by atoms with E-state index < -0.39 is 29.7 Å². The lowest BCUT2D eigenvalue weighted by atomic mass is 9.81. The molecule has 0 aromatic carbocycles. The maximum atomic E-state index is 13.5. The molecule has 0 aromatic heterocycles. The quantitative estimate of drug-likeness (QED) is 0.543. The molecule has 0 spiro atoms. The molecule has 150 valence electrons. The molecule has 0 bridgehead atoms. The van der Waals surface area contributed by atoms with Crippen molar-refractivity contribution in [3.63, 3.8) is 0 Å². The van der Waals surface area contributed by atoms with Crippen LogP contribution in [0.4, 0.5) is 0 Å². The summed E-state index contributed by atoms with van der Waals surface area (Å²) in [6, 6.07) is 0. The molecule has 3 aliphatic carbocycles. The predicted molar refractivity (Wildman–Crippen MR) is 102 cm³/mol. The molecule has 2 N–H and O–H groups in total. The SMILES string of the molecule is CC(=O)OC12CC(C)C(O)C1C=C(C)C(O)CC1C(C=C(C)C2=O)C1(C)C. The Labute approximate surface area is 161 Å². The smallest absolute Gasteiger partial charge is 0.303 e. The Kier molecular flexibility index (Phi) is 4.92. The summed E-state index contributed by atoms with van der Waals surface area (Å²) in [5.74, 6) is -1.12. The first-order valence-electron chi connectivity index (χ1n) is 9.89. The van der Waals surface area contributed by atoms with Gasteiger partial charge in [0.05, 0.1) is 18.1 Å². The number of Topliss-reactive ketones (excluding diaryl/α,β-unsaturated/α-hetero) is 1. The van der Waals surface area contributed by atoms with Gasteiger partial charge in [0.25, 0.3) is 0 Å². The summed E-state index contributed by atoms with van der Waals surface area (Å²) >= 11 is 0. The van der Waals surface area contributed by atoms with Crippen molar-refractivity contribution in [3.8, 4) is 0 Å². The van der Waals surface area contributed by atoms with Gasteiger partial charge in [-0.1, -0.05) is 32.9 Å². The number of ketones is 1. The molecule has 7 atom stereocenters. The van der Waals surface area contributed by atoms with Gasteiger partial charge >= 0.3 is 5.97 Å². The van der Waals surface area contributed by atoms with E-state index in [9.17, 15) is 19.8 Å². The number of carbonyl (C=O) groups excluding carboxylic acids is 2. The van der Waals surface area contributed by atoms with Crippen molar-refractivity contribution in [2.75, 3.05) is 0 Å². The van der Waals surface area contributed by atoms with Gasteiger partial charge in [-0.2, -0.15) is 0 Å². The second kappa shape index (κ2) is 6.56. The summed E-state index contributed by atoms with van der Waals surface area (Å²) in [6.45, 7) is 11.1. The molecule has 27 heavy (non-hydrogen) atoms. The van der Waals surface area contributed by atoms with E-state index >= 15 is 0 Å². The molecule has 0 aliphatic heterocycles. The lowest BCUT2D eigenvalue weighted by Gasteiger charge is -2.33. The van der Waals surface area contributed by atoms with Crippen molar-refractivity contribution in [1.82, 2.24) is 0 Å². The molecule has 2 fully saturated rings. The van der Waals surface area contributed by atoms with Crippen LogP contribution in [0.25, 0.3) is 0 Å². The van der Waals surface area contributed by atoms with Gasteiger partial charge in [-0.05, 0) is 54.6 Å². The third-order valence-electron chi connectivity index (χ3n) is 7.20. The molecule has 0 saturated heterocycles. The molecule has 7 unspecified atom stereocenters. The van der Waals surface area contributed by atoms with E-state index in [2.05, 4.69) is 13.8 Å². The third kappa shape index (κ3) is 3.19. The number of hydrogen-bond acceptors (Lipinski definition) is 5. The van der Waals surface area contributed by atoms with Crippen LogP contribution in [0.15, 0.2) is 23.3 Å². The molecule has 3 aliphatic rings. The average Bonchev–Trinajstić information content (AvgIpc) is 2.97. The molecule has 0 amide bonds. The number of allylic oxidation sites excluding steroid dienone is 1. The zero-order valence-corrected chi connectivity index (χ0v) is 17.2. The topological polar surface area (TPSA) is 83.8 Å². The van der Waals surface area contributed by atoms with Crippen molar-refractivity contribution in [1.29, 1.82) is 0 Å². The summed E-state index contributed by atoms with van der Waals surface area (Å²) in [5.41, 5.74) is -0.0899. The van der Waals surface area contributed by atoms with Crippen LogP contribution >= 0.6 is 0 Å². The van der Waals surface area contributed by atoms with Crippen molar-refractivity contribution in [2.45, 2.75) is 72.2 Å². The van der Waals surface area contributed by atoms with Crippen molar-refractivity contribution >= 4 is 11.8 Å². The van der Waals surface area contributed by atoms with Crippen molar-refractivity contribution < 1.29 is 24.5 Å². The number of carbonyl (C=O) groups is 2. The second-order valence-electron chi connectivity index (χ2n) is 9.48. The van der Waals surface area contributed by atoms with Gasteiger partial charge in [0, 0.05) is 13.3 Å². The van der Waals surface area contributed by atoms with Gasteiger partial charge in [0.1, 0.15) is 0 Å². The Bertz CT molecular complexity index is 718.